The number of aliphatic hydroxyl groups excluding tert-OH is 1. The van der Waals surface area contributed by atoms with Gasteiger partial charge in [-0.3, -0.25) is 24.0 Å². The van der Waals surface area contributed by atoms with E-state index in [1.807, 2.05) is 19.9 Å². The van der Waals surface area contributed by atoms with Crippen LogP contribution in [0.1, 0.15) is 79.9 Å². The fourth-order valence-corrected chi connectivity index (χ4v) is 9.53. The summed E-state index contributed by atoms with van der Waals surface area (Å²) in [7, 11) is 4.10. The molecule has 1 spiro atoms. The van der Waals surface area contributed by atoms with Gasteiger partial charge in [0, 0.05) is 73.6 Å². The molecule has 2 aromatic carbocycles. The molecule has 0 saturated carbocycles. The number of fused-ring (bicyclic) bond motifs is 5. The van der Waals surface area contributed by atoms with E-state index in [2.05, 4.69) is 5.32 Å². The molecule has 3 aliphatic heterocycles. The second kappa shape index (κ2) is 15.7. The number of carbonyl (C=O) groups excluding carboxylic acids is 4. The van der Waals surface area contributed by atoms with E-state index in [0.717, 1.165) is 12.1 Å². The van der Waals surface area contributed by atoms with Crippen molar-refractivity contribution in [3.8, 4) is 28.7 Å². The molecule has 2 bridgehead atoms. The van der Waals surface area contributed by atoms with Gasteiger partial charge in [-0.25, -0.2) is 0 Å². The van der Waals surface area contributed by atoms with Crippen LogP contribution in [-0.2, 0) is 20.9 Å². The molecular formula is C43H48ClN3O11. The number of hydrogen-bond acceptors (Lipinski definition) is 11. The van der Waals surface area contributed by atoms with Crippen molar-refractivity contribution >= 4 is 35.0 Å². The molecule has 0 radical (unpaired) electrons. The van der Waals surface area contributed by atoms with Gasteiger partial charge in [0.15, 0.2) is 28.8 Å². The van der Waals surface area contributed by atoms with Gasteiger partial charge in [-0.1, -0.05) is 44.5 Å². The molecule has 1 fully saturated rings. The van der Waals surface area contributed by atoms with E-state index >= 15 is 0 Å². The van der Waals surface area contributed by atoms with E-state index in [-0.39, 0.29) is 80.5 Å². The maximum absolute atomic E-state index is 14.5. The van der Waals surface area contributed by atoms with Crippen molar-refractivity contribution in [2.75, 3.05) is 34.4 Å². The predicted molar refractivity (Wildman–Crippen MR) is 212 cm³/mol. The normalized spacial score (nSPS) is 23.2. The Morgan fingerprint density at radius 2 is 1.71 bits per heavy atom. The summed E-state index contributed by atoms with van der Waals surface area (Å²) in [6.45, 7) is 6.83. The number of ether oxygens (including phenoxy) is 4. The van der Waals surface area contributed by atoms with Crippen LogP contribution in [-0.4, -0.2) is 89.1 Å². The number of likely N-dealkylation sites (tertiary alicyclic amines) is 1. The second-order valence-electron chi connectivity index (χ2n) is 16.1. The topological polar surface area (TPSA) is 183 Å². The molecule has 14 nitrogen and oxygen atoms in total. The number of rotatable bonds is 11. The molecule has 7 rings (SSSR count). The molecule has 4 heterocycles. The molecule has 15 heteroatoms. The summed E-state index contributed by atoms with van der Waals surface area (Å²) < 4.78 is 24.4. The second-order valence-corrected chi connectivity index (χ2v) is 16.5. The number of phenolic OH excluding ortho intramolecular Hbond substituents is 1. The lowest BCUT2D eigenvalue weighted by Gasteiger charge is -2.43. The number of aromatic hydroxyl groups is 1. The fraction of sp³-hybridized carbons (Fsp3) is 0.465. The third kappa shape index (κ3) is 6.84. The molecule has 2 amide bonds. The zero-order chi connectivity index (χ0) is 41.8. The number of carbonyl (C=O) groups is 4. The van der Waals surface area contributed by atoms with Crippen molar-refractivity contribution in [1.82, 2.24) is 14.8 Å². The first-order valence-corrected chi connectivity index (χ1v) is 19.8. The maximum atomic E-state index is 14.5. The Kier molecular flexibility index (Phi) is 11.0. The number of allylic oxidation sites excluding steroid dienone is 1. The highest BCUT2D eigenvalue weighted by Gasteiger charge is 2.61. The van der Waals surface area contributed by atoms with Gasteiger partial charge in [0.1, 0.15) is 28.1 Å². The number of Topliss-reactive ketones (excluding diaryl/α,β-unsaturated/α-hetero) is 2. The molecule has 4 aliphatic rings. The average molecular weight is 818 g/mol. The highest BCUT2D eigenvalue weighted by atomic mass is 35.5. The Hall–Kier alpha value is -5.50. The Morgan fingerprint density at radius 3 is 2.40 bits per heavy atom. The van der Waals surface area contributed by atoms with Crippen LogP contribution in [0.2, 0.25) is 5.02 Å². The van der Waals surface area contributed by atoms with Crippen LogP contribution in [0.15, 0.2) is 58.6 Å². The van der Waals surface area contributed by atoms with E-state index < -0.39 is 53.1 Å². The molecule has 3 aromatic rings. The van der Waals surface area contributed by atoms with Crippen molar-refractivity contribution < 1.29 is 48.3 Å². The maximum Gasteiger partial charge on any atom is 0.250 e. The van der Waals surface area contributed by atoms with E-state index in [0.29, 0.717) is 31.6 Å². The van der Waals surface area contributed by atoms with Gasteiger partial charge in [-0.2, -0.15) is 0 Å². The van der Waals surface area contributed by atoms with Gasteiger partial charge in [0.25, 0.3) is 5.56 Å². The number of benzene rings is 2. The van der Waals surface area contributed by atoms with E-state index in [1.54, 1.807) is 28.5 Å². The number of ketones is 2. The Morgan fingerprint density at radius 1 is 0.983 bits per heavy atom. The molecule has 1 aliphatic carbocycles. The lowest BCUT2D eigenvalue weighted by molar-refractivity contribution is -0.139. The molecule has 308 valence electrons. The van der Waals surface area contributed by atoms with Crippen LogP contribution in [0.3, 0.4) is 0 Å². The summed E-state index contributed by atoms with van der Waals surface area (Å²) >= 11 is 6.65. The summed E-state index contributed by atoms with van der Waals surface area (Å²) in [5.74, 6) is -4.76. The minimum Gasteiger partial charge on any atom is -0.507 e. The summed E-state index contributed by atoms with van der Waals surface area (Å²) in [6.07, 6.45) is 0.490. The van der Waals surface area contributed by atoms with Gasteiger partial charge >= 0.3 is 0 Å². The van der Waals surface area contributed by atoms with Gasteiger partial charge in [-0.05, 0) is 48.4 Å². The number of methoxy groups -OCH3 is 3. The summed E-state index contributed by atoms with van der Waals surface area (Å²) in [5, 5.41) is 25.7. The van der Waals surface area contributed by atoms with Gasteiger partial charge in [0.2, 0.25) is 23.2 Å². The Balaban J connectivity index is 1.24. The molecular weight excluding hydrogens is 770 g/mol. The molecule has 1 saturated heterocycles. The molecule has 1 aromatic heterocycles. The quantitative estimate of drug-likeness (QED) is 0.228. The molecule has 58 heavy (non-hydrogen) atoms. The highest BCUT2D eigenvalue weighted by molar-refractivity contribution is 6.35. The van der Waals surface area contributed by atoms with E-state index in [1.165, 1.54) is 45.6 Å². The minimum absolute atomic E-state index is 0.0117. The lowest BCUT2D eigenvalue weighted by Crippen LogP contribution is -2.55. The number of hydrogen-bond donors (Lipinski definition) is 3. The number of aliphatic hydroxyl groups is 1. The third-order valence-electron chi connectivity index (χ3n) is 12.0. The Bertz CT molecular complexity index is 2290. The van der Waals surface area contributed by atoms with Gasteiger partial charge < -0.3 is 43.9 Å². The third-order valence-corrected chi connectivity index (χ3v) is 12.3. The zero-order valence-electron chi connectivity index (χ0n) is 33.3. The largest absolute Gasteiger partial charge is 0.507 e. The summed E-state index contributed by atoms with van der Waals surface area (Å²) in [5.41, 5.74) is -1.25. The van der Waals surface area contributed by atoms with Crippen molar-refractivity contribution in [3.05, 3.63) is 86.0 Å². The van der Waals surface area contributed by atoms with Crippen LogP contribution < -0.4 is 29.8 Å². The monoisotopic (exact) mass is 817 g/mol. The number of aromatic nitrogens is 1. The number of nitrogens with one attached hydrogen (secondary N) is 1. The van der Waals surface area contributed by atoms with Crippen LogP contribution in [0.4, 0.5) is 0 Å². The first-order valence-electron chi connectivity index (χ1n) is 19.4. The number of pyridine rings is 1. The van der Waals surface area contributed by atoms with Crippen molar-refractivity contribution in [3.63, 3.8) is 0 Å². The first kappa shape index (κ1) is 40.7. The van der Waals surface area contributed by atoms with Crippen molar-refractivity contribution in [2.45, 2.75) is 76.5 Å². The van der Waals surface area contributed by atoms with E-state index in [4.69, 9.17) is 30.5 Å². The summed E-state index contributed by atoms with van der Waals surface area (Å²) in [4.78, 5) is 71.8. The first-order chi connectivity index (χ1) is 27.6. The number of amides is 2. The predicted octanol–water partition coefficient (Wildman–Crippen LogP) is 5.32. The number of halogens is 1. The summed E-state index contributed by atoms with van der Waals surface area (Å²) in [6, 6.07) is 10.0. The standard InChI is InChI=1S/C43H48ClN3O11/c1-21(2)12-27(42(54)46-18-23-14-25(20-46)28-8-7-9-35(51)47(28)19-23)45-34(50)16-26(24-10-11-29(48)31(15-24)55-4)36-30(49)13-22(3)43(40(36)52)41(53)37-32(56-5)17-33(57-6)38(44)39(37)58-43/h7-11,15,17,21-23,25-27,48,52H,12-14,16,18-20H2,1-6H3,(H,45,50)/t22-,23-,25+,26?,27+,43+/m1/s1. The average Bonchev–Trinajstić information content (AvgIpc) is 3.51. The zero-order valence-corrected chi connectivity index (χ0v) is 34.1. The number of nitrogens with zero attached hydrogens (tertiary/aromatic N) is 2. The molecule has 1 unspecified atom stereocenters. The van der Waals surface area contributed by atoms with Crippen molar-refractivity contribution in [2.24, 2.45) is 17.8 Å². The minimum atomic E-state index is -2.11. The highest BCUT2D eigenvalue weighted by Crippen LogP contribution is 2.56. The van der Waals surface area contributed by atoms with E-state index in [9.17, 15) is 34.2 Å². The molecule has 3 N–H and O–H groups in total. The van der Waals surface area contributed by atoms with Crippen molar-refractivity contribution in [1.29, 1.82) is 0 Å². The van der Waals surface area contributed by atoms with Gasteiger partial charge in [-0.15, -0.1) is 0 Å². The lowest BCUT2D eigenvalue weighted by atomic mass is 9.69. The number of phenols is 1. The van der Waals surface area contributed by atoms with Gasteiger partial charge in [0.05, 0.1) is 21.3 Å². The van der Waals surface area contributed by atoms with Crippen LogP contribution in [0.5, 0.6) is 28.7 Å². The fourth-order valence-electron chi connectivity index (χ4n) is 9.26. The smallest absolute Gasteiger partial charge is 0.250 e. The molecule has 6 atom stereocenters. The SMILES string of the molecule is COc1cc(C(CC(=O)N[C@@H](CC(C)C)C(=O)N2C[C@H]3C[C@@H](C2)c2cccc(=O)n2C3)C2=C(O)[C@@]3(Oc4c(Cl)c(OC)cc(OC)c4C3=O)[C@H](C)CC2=O)ccc1O. The van der Waals surface area contributed by atoms with Crippen LogP contribution >= 0.6 is 11.6 Å². The van der Waals surface area contributed by atoms with Crippen LogP contribution in [0, 0.1) is 17.8 Å². The number of piperidine rings is 1. The van der Waals surface area contributed by atoms with Crippen LogP contribution in [0.25, 0.3) is 0 Å². The Labute approximate surface area is 340 Å².